The zero-order valence-electron chi connectivity index (χ0n) is 10.0. The maximum Gasteiger partial charge on any atom is 0.148 e. The standard InChI is InChI=1S/C15H13FN2/c1-15(11-17,12-7-9-13(16)10-8-12)18-14-5-3-2-4-6-14/h2-10,18H,1H3/t15-/m0/s1. The number of nitrogens with zero attached hydrogens (tertiary/aromatic N) is 1. The lowest BCUT2D eigenvalue weighted by molar-refractivity contribution is 0.623. The summed E-state index contributed by atoms with van der Waals surface area (Å²) in [4.78, 5) is 0. The predicted molar refractivity (Wildman–Crippen MR) is 69.4 cm³/mol. The number of rotatable bonds is 3. The van der Waals surface area contributed by atoms with Crippen molar-refractivity contribution >= 4 is 5.69 Å². The highest BCUT2D eigenvalue weighted by molar-refractivity contribution is 5.50. The van der Waals surface area contributed by atoms with E-state index < -0.39 is 5.54 Å². The van der Waals surface area contributed by atoms with Crippen LogP contribution in [0.1, 0.15) is 12.5 Å². The van der Waals surface area contributed by atoms with Gasteiger partial charge in [-0.05, 0) is 36.8 Å². The molecular weight excluding hydrogens is 227 g/mol. The quantitative estimate of drug-likeness (QED) is 0.888. The van der Waals surface area contributed by atoms with Crippen LogP contribution in [-0.4, -0.2) is 0 Å². The van der Waals surface area contributed by atoms with Crippen LogP contribution in [0.4, 0.5) is 10.1 Å². The van der Waals surface area contributed by atoms with Crippen LogP contribution >= 0.6 is 0 Å². The van der Waals surface area contributed by atoms with Crippen molar-refractivity contribution in [2.45, 2.75) is 12.5 Å². The van der Waals surface area contributed by atoms with Crippen LogP contribution in [-0.2, 0) is 5.54 Å². The van der Waals surface area contributed by atoms with Crippen LogP contribution < -0.4 is 5.32 Å². The predicted octanol–water partition coefficient (Wildman–Crippen LogP) is 3.68. The summed E-state index contributed by atoms with van der Waals surface area (Å²) in [5.74, 6) is -0.307. The Kier molecular flexibility index (Phi) is 3.29. The number of hydrogen-bond donors (Lipinski definition) is 1. The van der Waals surface area contributed by atoms with Gasteiger partial charge in [-0.1, -0.05) is 30.3 Å². The molecule has 2 nitrogen and oxygen atoms in total. The zero-order valence-corrected chi connectivity index (χ0v) is 10.0. The molecule has 2 aromatic carbocycles. The Bertz CT molecular complexity index is 557. The minimum atomic E-state index is -0.880. The molecule has 1 N–H and O–H groups in total. The molecule has 0 aliphatic heterocycles. The fourth-order valence-corrected chi connectivity index (χ4v) is 1.76. The summed E-state index contributed by atoms with van der Waals surface area (Å²) in [6.07, 6.45) is 0. The molecule has 0 bridgehead atoms. The number of para-hydroxylation sites is 1. The van der Waals surface area contributed by atoms with Crippen LogP contribution in [0.2, 0.25) is 0 Å². The summed E-state index contributed by atoms with van der Waals surface area (Å²) in [5.41, 5.74) is 0.704. The van der Waals surface area contributed by atoms with Gasteiger partial charge in [0.15, 0.2) is 0 Å². The molecule has 2 aromatic rings. The van der Waals surface area contributed by atoms with Gasteiger partial charge in [0.25, 0.3) is 0 Å². The highest BCUT2D eigenvalue weighted by Crippen LogP contribution is 2.25. The number of nitriles is 1. The molecular formula is C15H13FN2. The normalized spacial score (nSPS) is 13.4. The second-order valence-electron chi connectivity index (χ2n) is 4.23. The van der Waals surface area contributed by atoms with E-state index >= 15 is 0 Å². The molecule has 0 unspecified atom stereocenters. The Balaban J connectivity index is 2.32. The van der Waals surface area contributed by atoms with Crippen molar-refractivity contribution in [2.24, 2.45) is 0 Å². The number of nitrogens with one attached hydrogen (secondary N) is 1. The first-order valence-corrected chi connectivity index (χ1v) is 5.64. The summed E-state index contributed by atoms with van der Waals surface area (Å²) in [6.45, 7) is 1.77. The van der Waals surface area contributed by atoms with Gasteiger partial charge in [0.05, 0.1) is 6.07 Å². The van der Waals surface area contributed by atoms with Gasteiger partial charge in [-0.3, -0.25) is 0 Å². The summed E-state index contributed by atoms with van der Waals surface area (Å²) >= 11 is 0. The second-order valence-corrected chi connectivity index (χ2v) is 4.23. The Hall–Kier alpha value is -2.34. The van der Waals surface area contributed by atoms with E-state index in [1.807, 2.05) is 30.3 Å². The van der Waals surface area contributed by atoms with Gasteiger partial charge in [0.2, 0.25) is 0 Å². The Morgan fingerprint density at radius 3 is 2.22 bits per heavy atom. The van der Waals surface area contributed by atoms with E-state index in [4.69, 9.17) is 0 Å². The smallest absolute Gasteiger partial charge is 0.148 e. The number of benzene rings is 2. The van der Waals surface area contributed by atoms with Crippen molar-refractivity contribution in [3.05, 3.63) is 66.0 Å². The largest absolute Gasteiger partial charge is 0.364 e. The van der Waals surface area contributed by atoms with Crippen molar-refractivity contribution in [3.8, 4) is 6.07 Å². The maximum absolute atomic E-state index is 12.9. The summed E-state index contributed by atoms with van der Waals surface area (Å²) in [5, 5.41) is 12.5. The topological polar surface area (TPSA) is 35.8 Å². The lowest BCUT2D eigenvalue weighted by Crippen LogP contribution is -2.29. The van der Waals surface area contributed by atoms with Crippen LogP contribution in [0.5, 0.6) is 0 Å². The molecule has 0 aliphatic carbocycles. The van der Waals surface area contributed by atoms with E-state index in [0.29, 0.717) is 0 Å². The van der Waals surface area contributed by atoms with E-state index in [-0.39, 0.29) is 5.82 Å². The van der Waals surface area contributed by atoms with Crippen LogP contribution in [0, 0.1) is 17.1 Å². The third-order valence-electron chi connectivity index (χ3n) is 2.81. The Labute approximate surface area is 106 Å². The van der Waals surface area contributed by atoms with E-state index in [0.717, 1.165) is 11.3 Å². The number of anilines is 1. The molecule has 0 fully saturated rings. The monoisotopic (exact) mass is 240 g/mol. The fraction of sp³-hybridized carbons (Fsp3) is 0.133. The van der Waals surface area contributed by atoms with Crippen LogP contribution in [0.15, 0.2) is 54.6 Å². The molecule has 0 aliphatic rings. The van der Waals surface area contributed by atoms with Crippen molar-refractivity contribution < 1.29 is 4.39 Å². The highest BCUT2D eigenvalue weighted by atomic mass is 19.1. The van der Waals surface area contributed by atoms with Crippen LogP contribution in [0.3, 0.4) is 0 Å². The van der Waals surface area contributed by atoms with Gasteiger partial charge in [-0.15, -0.1) is 0 Å². The number of hydrogen-bond acceptors (Lipinski definition) is 2. The number of halogens is 1. The second kappa shape index (κ2) is 4.89. The first-order valence-electron chi connectivity index (χ1n) is 5.64. The molecule has 0 radical (unpaired) electrons. The van der Waals surface area contributed by atoms with Gasteiger partial charge in [-0.2, -0.15) is 5.26 Å². The first kappa shape index (κ1) is 12.1. The van der Waals surface area contributed by atoms with Gasteiger partial charge >= 0.3 is 0 Å². The summed E-state index contributed by atoms with van der Waals surface area (Å²) in [7, 11) is 0. The van der Waals surface area contributed by atoms with E-state index in [9.17, 15) is 9.65 Å². The van der Waals surface area contributed by atoms with E-state index in [1.54, 1.807) is 19.1 Å². The van der Waals surface area contributed by atoms with Crippen LogP contribution in [0.25, 0.3) is 0 Å². The van der Waals surface area contributed by atoms with Gasteiger partial charge in [0, 0.05) is 5.69 Å². The third-order valence-corrected chi connectivity index (χ3v) is 2.81. The first-order chi connectivity index (χ1) is 8.64. The van der Waals surface area contributed by atoms with Crippen molar-refractivity contribution in [2.75, 3.05) is 5.32 Å². The van der Waals surface area contributed by atoms with Crippen molar-refractivity contribution in [3.63, 3.8) is 0 Å². The average Bonchev–Trinajstić information content (AvgIpc) is 2.40. The molecule has 0 amide bonds. The molecule has 0 saturated heterocycles. The summed E-state index contributed by atoms with van der Waals surface area (Å²) < 4.78 is 12.9. The van der Waals surface area contributed by atoms with Gasteiger partial charge < -0.3 is 5.32 Å². The van der Waals surface area contributed by atoms with E-state index in [2.05, 4.69) is 11.4 Å². The molecule has 1 atom stereocenters. The van der Waals surface area contributed by atoms with Gasteiger partial charge in [0.1, 0.15) is 11.4 Å². The minimum Gasteiger partial charge on any atom is -0.364 e. The minimum absolute atomic E-state index is 0.307. The molecule has 2 rings (SSSR count). The Morgan fingerprint density at radius 2 is 1.67 bits per heavy atom. The van der Waals surface area contributed by atoms with E-state index in [1.165, 1.54) is 12.1 Å². The average molecular weight is 240 g/mol. The lowest BCUT2D eigenvalue weighted by Gasteiger charge is -2.25. The Morgan fingerprint density at radius 1 is 1.06 bits per heavy atom. The van der Waals surface area contributed by atoms with Gasteiger partial charge in [-0.25, -0.2) is 4.39 Å². The zero-order chi connectivity index (χ0) is 13.0. The fourth-order valence-electron chi connectivity index (χ4n) is 1.76. The molecule has 0 saturated carbocycles. The molecule has 0 heterocycles. The molecule has 3 heteroatoms. The molecule has 18 heavy (non-hydrogen) atoms. The lowest BCUT2D eigenvalue weighted by atomic mass is 9.93. The molecule has 0 spiro atoms. The van der Waals surface area contributed by atoms with Crippen molar-refractivity contribution in [1.29, 1.82) is 5.26 Å². The molecule has 0 aromatic heterocycles. The maximum atomic E-state index is 12.9. The molecule has 90 valence electrons. The third kappa shape index (κ3) is 2.49. The highest BCUT2D eigenvalue weighted by Gasteiger charge is 2.25. The SMILES string of the molecule is C[C@@](C#N)(Nc1ccccc1)c1ccc(F)cc1. The summed E-state index contributed by atoms with van der Waals surface area (Å²) in [6, 6.07) is 17.7. The van der Waals surface area contributed by atoms with Crippen molar-refractivity contribution in [1.82, 2.24) is 0 Å².